The third-order valence-electron chi connectivity index (χ3n) is 3.20. The number of nitro benzene ring substituents is 1. The fraction of sp³-hybridized carbons (Fsp3) is 0.250. The van der Waals surface area contributed by atoms with Gasteiger partial charge in [-0.1, -0.05) is 44.2 Å². The van der Waals surface area contributed by atoms with Crippen molar-refractivity contribution in [2.45, 2.75) is 19.3 Å². The first kappa shape index (κ1) is 14.1. The molecule has 0 N–H and O–H groups in total. The fourth-order valence-electron chi connectivity index (χ4n) is 1.90. The molecule has 0 unspecified atom stereocenters. The van der Waals surface area contributed by atoms with Crippen molar-refractivity contribution in [1.82, 2.24) is 0 Å². The SMILES string of the molecule is CC(C)(COc1ccc([N+](=O)[O-])cc1)c1ccccc1. The van der Waals surface area contributed by atoms with Crippen LogP contribution in [-0.4, -0.2) is 11.5 Å². The number of hydrogen-bond acceptors (Lipinski definition) is 3. The molecule has 0 saturated heterocycles. The van der Waals surface area contributed by atoms with E-state index in [-0.39, 0.29) is 11.1 Å². The zero-order valence-electron chi connectivity index (χ0n) is 11.6. The van der Waals surface area contributed by atoms with Crippen molar-refractivity contribution >= 4 is 5.69 Å². The molecule has 0 spiro atoms. The van der Waals surface area contributed by atoms with Gasteiger partial charge in [-0.2, -0.15) is 0 Å². The molecular weight excluding hydrogens is 254 g/mol. The van der Waals surface area contributed by atoms with E-state index in [1.165, 1.54) is 17.7 Å². The standard InChI is InChI=1S/C16H17NO3/c1-16(2,13-6-4-3-5-7-13)12-20-15-10-8-14(9-11-15)17(18)19/h3-11H,12H2,1-2H3. The lowest BCUT2D eigenvalue weighted by molar-refractivity contribution is -0.384. The molecule has 0 saturated carbocycles. The topological polar surface area (TPSA) is 52.4 Å². The highest BCUT2D eigenvalue weighted by Crippen LogP contribution is 2.25. The number of non-ortho nitro benzene ring substituents is 1. The first-order valence-corrected chi connectivity index (χ1v) is 6.42. The van der Waals surface area contributed by atoms with Gasteiger partial charge in [0.15, 0.2) is 0 Å². The number of rotatable bonds is 5. The average molecular weight is 271 g/mol. The number of ether oxygens (including phenoxy) is 1. The van der Waals surface area contributed by atoms with Gasteiger partial charge in [0.1, 0.15) is 5.75 Å². The Morgan fingerprint density at radius 1 is 1.05 bits per heavy atom. The summed E-state index contributed by atoms with van der Waals surface area (Å²) in [6.07, 6.45) is 0. The maximum absolute atomic E-state index is 10.6. The lowest BCUT2D eigenvalue weighted by Gasteiger charge is -2.25. The second-order valence-electron chi connectivity index (χ2n) is 5.29. The van der Waals surface area contributed by atoms with Gasteiger partial charge in [-0.25, -0.2) is 0 Å². The predicted molar refractivity (Wildman–Crippen MR) is 78.1 cm³/mol. The van der Waals surface area contributed by atoms with Crippen LogP contribution < -0.4 is 4.74 Å². The summed E-state index contributed by atoms with van der Waals surface area (Å²) in [7, 11) is 0. The molecule has 2 aromatic carbocycles. The highest BCUT2D eigenvalue weighted by atomic mass is 16.6. The molecule has 2 rings (SSSR count). The van der Waals surface area contributed by atoms with Crippen molar-refractivity contribution in [1.29, 1.82) is 0 Å². The number of benzene rings is 2. The van der Waals surface area contributed by atoms with E-state index in [0.29, 0.717) is 12.4 Å². The van der Waals surface area contributed by atoms with E-state index >= 15 is 0 Å². The van der Waals surface area contributed by atoms with Gasteiger partial charge >= 0.3 is 0 Å². The van der Waals surface area contributed by atoms with Gasteiger partial charge in [-0.15, -0.1) is 0 Å². The molecule has 4 nitrogen and oxygen atoms in total. The Morgan fingerprint density at radius 2 is 1.65 bits per heavy atom. The van der Waals surface area contributed by atoms with Crippen LogP contribution in [0.4, 0.5) is 5.69 Å². The lowest BCUT2D eigenvalue weighted by Crippen LogP contribution is -2.26. The Hall–Kier alpha value is -2.36. The van der Waals surface area contributed by atoms with E-state index in [4.69, 9.17) is 4.74 Å². The third-order valence-corrected chi connectivity index (χ3v) is 3.20. The van der Waals surface area contributed by atoms with E-state index in [9.17, 15) is 10.1 Å². The van der Waals surface area contributed by atoms with Gasteiger partial charge < -0.3 is 4.74 Å². The largest absolute Gasteiger partial charge is 0.493 e. The minimum Gasteiger partial charge on any atom is -0.493 e. The molecule has 0 bridgehead atoms. The van der Waals surface area contributed by atoms with Crippen LogP contribution in [0, 0.1) is 10.1 Å². The quantitative estimate of drug-likeness (QED) is 0.611. The van der Waals surface area contributed by atoms with E-state index in [0.717, 1.165) is 0 Å². The highest BCUT2D eigenvalue weighted by molar-refractivity contribution is 5.36. The Labute approximate surface area is 118 Å². The van der Waals surface area contributed by atoms with Gasteiger partial charge in [0.25, 0.3) is 5.69 Å². The highest BCUT2D eigenvalue weighted by Gasteiger charge is 2.21. The van der Waals surface area contributed by atoms with Gasteiger partial charge in [-0.3, -0.25) is 10.1 Å². The van der Waals surface area contributed by atoms with Crippen LogP contribution in [0.2, 0.25) is 0 Å². The first-order chi connectivity index (χ1) is 9.49. The van der Waals surface area contributed by atoms with E-state index in [1.807, 2.05) is 18.2 Å². The summed E-state index contributed by atoms with van der Waals surface area (Å²) in [5.74, 6) is 0.639. The summed E-state index contributed by atoms with van der Waals surface area (Å²) in [5.41, 5.74) is 1.14. The minimum atomic E-state index is -0.419. The molecule has 0 atom stereocenters. The second-order valence-corrected chi connectivity index (χ2v) is 5.29. The molecule has 0 heterocycles. The molecule has 0 aliphatic heterocycles. The molecule has 20 heavy (non-hydrogen) atoms. The van der Waals surface area contributed by atoms with Gasteiger partial charge in [-0.05, 0) is 17.7 Å². The molecule has 0 aliphatic carbocycles. The summed E-state index contributed by atoms with van der Waals surface area (Å²) in [6.45, 7) is 4.72. The smallest absolute Gasteiger partial charge is 0.269 e. The Balaban J connectivity index is 2.03. The molecule has 0 radical (unpaired) electrons. The zero-order valence-corrected chi connectivity index (χ0v) is 11.6. The fourth-order valence-corrected chi connectivity index (χ4v) is 1.90. The number of nitro groups is 1. The monoisotopic (exact) mass is 271 g/mol. The number of hydrogen-bond donors (Lipinski definition) is 0. The van der Waals surface area contributed by atoms with Crippen LogP contribution in [0.25, 0.3) is 0 Å². The van der Waals surface area contributed by atoms with Crippen molar-refractivity contribution in [3.8, 4) is 5.75 Å². The Kier molecular flexibility index (Phi) is 4.03. The molecule has 4 heteroatoms. The maximum Gasteiger partial charge on any atom is 0.269 e. The summed E-state index contributed by atoms with van der Waals surface area (Å²) < 4.78 is 5.74. The van der Waals surface area contributed by atoms with Gasteiger partial charge in [0.05, 0.1) is 11.5 Å². The second kappa shape index (κ2) is 5.74. The molecule has 0 amide bonds. The van der Waals surface area contributed by atoms with E-state index < -0.39 is 4.92 Å². The molecule has 2 aromatic rings. The number of nitrogens with zero attached hydrogens (tertiary/aromatic N) is 1. The minimum absolute atomic E-state index is 0.0691. The van der Waals surface area contributed by atoms with Crippen molar-refractivity contribution in [3.05, 3.63) is 70.3 Å². The molecular formula is C16H17NO3. The lowest BCUT2D eigenvalue weighted by atomic mass is 9.86. The normalized spacial score (nSPS) is 11.1. The van der Waals surface area contributed by atoms with Crippen molar-refractivity contribution in [2.75, 3.05) is 6.61 Å². The van der Waals surface area contributed by atoms with E-state index in [1.54, 1.807) is 12.1 Å². The van der Waals surface area contributed by atoms with Crippen molar-refractivity contribution in [2.24, 2.45) is 0 Å². The first-order valence-electron chi connectivity index (χ1n) is 6.42. The van der Waals surface area contributed by atoms with Crippen molar-refractivity contribution in [3.63, 3.8) is 0 Å². The van der Waals surface area contributed by atoms with E-state index in [2.05, 4.69) is 26.0 Å². The van der Waals surface area contributed by atoms with Crippen LogP contribution in [-0.2, 0) is 5.41 Å². The Bertz CT molecular complexity index is 576. The van der Waals surface area contributed by atoms with Crippen LogP contribution >= 0.6 is 0 Å². The third kappa shape index (κ3) is 3.35. The summed E-state index contributed by atoms with van der Waals surface area (Å²) in [6, 6.07) is 16.3. The van der Waals surface area contributed by atoms with Gasteiger partial charge in [0, 0.05) is 17.5 Å². The van der Waals surface area contributed by atoms with Crippen LogP contribution in [0.5, 0.6) is 5.75 Å². The zero-order chi connectivity index (χ0) is 14.6. The molecule has 0 aromatic heterocycles. The average Bonchev–Trinajstić information content (AvgIpc) is 2.46. The van der Waals surface area contributed by atoms with Crippen LogP contribution in [0.15, 0.2) is 54.6 Å². The van der Waals surface area contributed by atoms with Crippen LogP contribution in [0.1, 0.15) is 19.4 Å². The molecule has 104 valence electrons. The van der Waals surface area contributed by atoms with Crippen molar-refractivity contribution < 1.29 is 9.66 Å². The van der Waals surface area contributed by atoms with Gasteiger partial charge in [0.2, 0.25) is 0 Å². The maximum atomic E-state index is 10.6. The summed E-state index contributed by atoms with van der Waals surface area (Å²) >= 11 is 0. The molecule has 0 aliphatic rings. The molecule has 0 fully saturated rings. The summed E-state index contributed by atoms with van der Waals surface area (Å²) in [4.78, 5) is 10.2. The Morgan fingerprint density at radius 3 is 2.20 bits per heavy atom. The van der Waals surface area contributed by atoms with Crippen LogP contribution in [0.3, 0.4) is 0 Å². The predicted octanol–water partition coefficient (Wildman–Crippen LogP) is 3.95. The summed E-state index contributed by atoms with van der Waals surface area (Å²) in [5, 5.41) is 10.6.